The van der Waals surface area contributed by atoms with Crippen molar-refractivity contribution in [3.63, 3.8) is 0 Å². The van der Waals surface area contributed by atoms with E-state index >= 15 is 0 Å². The van der Waals surface area contributed by atoms with Gasteiger partial charge in [-0.05, 0) is 30.7 Å². The Hall–Kier alpha value is -1.01. The van der Waals surface area contributed by atoms with Crippen LogP contribution in [0.15, 0.2) is 22.7 Å². The number of aryl methyl sites for hydroxylation is 1. The van der Waals surface area contributed by atoms with Crippen molar-refractivity contribution < 1.29 is 14.3 Å². The topological polar surface area (TPSA) is 55.4 Å². The summed E-state index contributed by atoms with van der Waals surface area (Å²) in [6, 6.07) is 5.65. The summed E-state index contributed by atoms with van der Waals surface area (Å²) >= 11 is 4.83. The van der Waals surface area contributed by atoms with Crippen LogP contribution in [-0.2, 0) is 14.3 Å². The zero-order valence-electron chi connectivity index (χ0n) is 11.7. The molecule has 1 rings (SSSR count). The highest BCUT2D eigenvalue weighted by atomic mass is 79.9. The van der Waals surface area contributed by atoms with Gasteiger partial charge in [0, 0.05) is 15.9 Å². The minimum atomic E-state index is -0.249. The zero-order chi connectivity index (χ0) is 15.1. The lowest BCUT2D eigenvalue weighted by molar-refractivity contribution is -0.144. The van der Waals surface area contributed by atoms with Crippen LogP contribution < -0.4 is 5.32 Å². The van der Waals surface area contributed by atoms with Gasteiger partial charge in [-0.25, -0.2) is 0 Å². The zero-order valence-corrected chi connectivity index (χ0v) is 14.1. The van der Waals surface area contributed by atoms with Gasteiger partial charge in [0.2, 0.25) is 5.91 Å². The molecule has 1 N–H and O–H groups in total. The number of methoxy groups -OCH3 is 1. The Kier molecular flexibility index (Phi) is 7.09. The Balaban J connectivity index is 2.37. The maximum absolute atomic E-state index is 11.8. The third kappa shape index (κ3) is 5.54. The average Bonchev–Trinajstić information content (AvgIpc) is 2.41. The average molecular weight is 360 g/mol. The van der Waals surface area contributed by atoms with Crippen molar-refractivity contribution in [2.24, 2.45) is 5.92 Å². The number of hydrogen-bond acceptors (Lipinski definition) is 4. The van der Waals surface area contributed by atoms with Gasteiger partial charge < -0.3 is 10.1 Å². The molecule has 0 aliphatic heterocycles. The van der Waals surface area contributed by atoms with Crippen LogP contribution in [0.3, 0.4) is 0 Å². The molecular weight excluding hydrogens is 342 g/mol. The minimum absolute atomic E-state index is 0.0752. The van der Waals surface area contributed by atoms with Gasteiger partial charge >= 0.3 is 5.97 Å². The van der Waals surface area contributed by atoms with Gasteiger partial charge in [-0.1, -0.05) is 22.9 Å². The van der Waals surface area contributed by atoms with Crippen LogP contribution in [0.1, 0.15) is 12.5 Å². The van der Waals surface area contributed by atoms with E-state index in [9.17, 15) is 9.59 Å². The number of thioether (sulfide) groups is 1. The molecule has 1 unspecified atom stereocenters. The Labute approximate surface area is 131 Å². The normalized spacial score (nSPS) is 11.8. The third-order valence-corrected chi connectivity index (χ3v) is 4.74. The molecule has 20 heavy (non-hydrogen) atoms. The van der Waals surface area contributed by atoms with E-state index in [0.717, 1.165) is 15.7 Å². The molecule has 1 aromatic rings. The van der Waals surface area contributed by atoms with E-state index in [0.29, 0.717) is 11.5 Å². The van der Waals surface area contributed by atoms with Crippen molar-refractivity contribution in [1.29, 1.82) is 0 Å². The number of anilines is 1. The monoisotopic (exact) mass is 359 g/mol. The molecule has 0 aliphatic rings. The summed E-state index contributed by atoms with van der Waals surface area (Å²) in [6.07, 6.45) is 0. The molecule has 0 spiro atoms. The first-order valence-electron chi connectivity index (χ1n) is 6.15. The standard InChI is InChI=1S/C14H18BrNO3S/c1-9-6-11(4-5-12(9)15)16-13(17)8-20-7-10(2)14(18)19-3/h4-6,10H,7-8H2,1-3H3,(H,16,17). The molecule has 6 heteroatoms. The number of hydrogen-bond donors (Lipinski definition) is 1. The third-order valence-electron chi connectivity index (χ3n) is 2.65. The van der Waals surface area contributed by atoms with Gasteiger partial charge in [-0.15, -0.1) is 0 Å². The predicted molar refractivity (Wildman–Crippen MR) is 86.0 cm³/mol. The molecule has 0 heterocycles. The Morgan fingerprint density at radius 2 is 2.15 bits per heavy atom. The molecule has 0 saturated carbocycles. The summed E-state index contributed by atoms with van der Waals surface area (Å²) in [5.74, 6) is 0.360. The fourth-order valence-corrected chi connectivity index (χ4v) is 2.63. The molecule has 0 fully saturated rings. The summed E-state index contributed by atoms with van der Waals surface area (Å²) < 4.78 is 5.64. The molecule has 0 bridgehead atoms. The summed E-state index contributed by atoms with van der Waals surface area (Å²) in [5, 5.41) is 2.83. The minimum Gasteiger partial charge on any atom is -0.469 e. The number of amides is 1. The summed E-state index contributed by atoms with van der Waals surface area (Å²) in [4.78, 5) is 23.0. The molecule has 0 saturated heterocycles. The molecule has 0 aliphatic carbocycles. The fourth-order valence-electron chi connectivity index (χ4n) is 1.52. The largest absolute Gasteiger partial charge is 0.469 e. The molecule has 4 nitrogen and oxygen atoms in total. The van der Waals surface area contributed by atoms with Gasteiger partial charge in [-0.2, -0.15) is 11.8 Å². The highest BCUT2D eigenvalue weighted by molar-refractivity contribution is 9.10. The van der Waals surface area contributed by atoms with Crippen LogP contribution in [0, 0.1) is 12.8 Å². The maximum Gasteiger partial charge on any atom is 0.309 e. The van der Waals surface area contributed by atoms with Crippen LogP contribution in [0.25, 0.3) is 0 Å². The van der Waals surface area contributed by atoms with Crippen LogP contribution in [0.4, 0.5) is 5.69 Å². The second kappa shape index (κ2) is 8.32. The second-order valence-electron chi connectivity index (χ2n) is 4.45. The first kappa shape index (κ1) is 17.0. The lowest BCUT2D eigenvalue weighted by atomic mass is 10.2. The fraction of sp³-hybridized carbons (Fsp3) is 0.429. The van der Waals surface area contributed by atoms with Crippen molar-refractivity contribution in [1.82, 2.24) is 0 Å². The predicted octanol–water partition coefficient (Wildman–Crippen LogP) is 3.24. The number of esters is 1. The molecule has 1 aromatic carbocycles. The number of carbonyl (C=O) groups excluding carboxylic acids is 2. The molecular formula is C14H18BrNO3S. The van der Waals surface area contributed by atoms with E-state index in [4.69, 9.17) is 0 Å². The summed E-state index contributed by atoms with van der Waals surface area (Å²) in [7, 11) is 1.37. The van der Waals surface area contributed by atoms with E-state index < -0.39 is 0 Å². The van der Waals surface area contributed by atoms with Gasteiger partial charge in [-0.3, -0.25) is 9.59 Å². The number of benzene rings is 1. The van der Waals surface area contributed by atoms with E-state index in [1.165, 1.54) is 18.9 Å². The highest BCUT2D eigenvalue weighted by Gasteiger charge is 2.13. The van der Waals surface area contributed by atoms with Gasteiger partial charge in [0.1, 0.15) is 0 Å². The van der Waals surface area contributed by atoms with Crippen molar-refractivity contribution in [3.05, 3.63) is 28.2 Å². The van der Waals surface area contributed by atoms with Gasteiger partial charge in [0.05, 0.1) is 18.8 Å². The smallest absolute Gasteiger partial charge is 0.309 e. The Bertz CT molecular complexity index is 493. The first-order chi connectivity index (χ1) is 9.43. The first-order valence-corrected chi connectivity index (χ1v) is 8.10. The number of halogens is 1. The molecule has 0 aromatic heterocycles. The molecule has 0 radical (unpaired) electrons. The Morgan fingerprint density at radius 1 is 1.45 bits per heavy atom. The van der Waals surface area contributed by atoms with Gasteiger partial charge in [0.25, 0.3) is 0 Å². The van der Waals surface area contributed by atoms with Crippen molar-refractivity contribution in [2.45, 2.75) is 13.8 Å². The quantitative estimate of drug-likeness (QED) is 0.792. The van der Waals surface area contributed by atoms with Crippen LogP contribution in [0.2, 0.25) is 0 Å². The van der Waals surface area contributed by atoms with E-state index in [2.05, 4.69) is 26.0 Å². The lowest BCUT2D eigenvalue weighted by Gasteiger charge is -2.09. The number of rotatable bonds is 6. The highest BCUT2D eigenvalue weighted by Crippen LogP contribution is 2.20. The lowest BCUT2D eigenvalue weighted by Crippen LogP contribution is -2.18. The van der Waals surface area contributed by atoms with Crippen molar-refractivity contribution in [3.8, 4) is 0 Å². The van der Waals surface area contributed by atoms with Crippen molar-refractivity contribution in [2.75, 3.05) is 23.9 Å². The maximum atomic E-state index is 11.8. The van der Waals surface area contributed by atoms with Crippen molar-refractivity contribution >= 4 is 45.3 Å². The molecule has 110 valence electrons. The Morgan fingerprint density at radius 3 is 2.75 bits per heavy atom. The number of nitrogens with one attached hydrogen (secondary N) is 1. The van der Waals surface area contributed by atoms with E-state index in [-0.39, 0.29) is 17.8 Å². The van der Waals surface area contributed by atoms with Gasteiger partial charge in [0.15, 0.2) is 0 Å². The SMILES string of the molecule is COC(=O)C(C)CSCC(=O)Nc1ccc(Br)c(C)c1. The van der Waals surface area contributed by atoms with E-state index in [1.54, 1.807) is 6.92 Å². The number of carbonyl (C=O) groups is 2. The molecule has 1 atom stereocenters. The molecule has 1 amide bonds. The second-order valence-corrected chi connectivity index (χ2v) is 6.34. The van der Waals surface area contributed by atoms with Crippen LogP contribution in [-0.4, -0.2) is 30.5 Å². The number of ether oxygens (including phenoxy) is 1. The van der Waals surface area contributed by atoms with Crippen LogP contribution >= 0.6 is 27.7 Å². The summed E-state index contributed by atoms with van der Waals surface area (Å²) in [5.41, 5.74) is 1.84. The van der Waals surface area contributed by atoms with E-state index in [1.807, 2.05) is 25.1 Å². The summed E-state index contributed by atoms with van der Waals surface area (Å²) in [6.45, 7) is 3.75. The van der Waals surface area contributed by atoms with Crippen LogP contribution in [0.5, 0.6) is 0 Å².